The van der Waals surface area contributed by atoms with Crippen LogP contribution in [0, 0.1) is 0 Å². The molecule has 2 aromatic carbocycles. The van der Waals surface area contributed by atoms with Crippen LogP contribution in [-0.2, 0) is 4.79 Å². The van der Waals surface area contributed by atoms with Gasteiger partial charge in [-0.2, -0.15) is 4.98 Å². The summed E-state index contributed by atoms with van der Waals surface area (Å²) in [5.41, 5.74) is 3.42. The molecule has 0 atom stereocenters. The Kier molecular flexibility index (Phi) is 6.32. The predicted octanol–water partition coefficient (Wildman–Crippen LogP) is 4.14. The van der Waals surface area contributed by atoms with Crippen LogP contribution in [0.15, 0.2) is 79.5 Å². The molecule has 3 heterocycles. The van der Waals surface area contributed by atoms with Gasteiger partial charge in [0.25, 0.3) is 0 Å². The maximum atomic E-state index is 11.6. The van der Waals surface area contributed by atoms with Gasteiger partial charge in [-0.25, -0.2) is 4.52 Å². The average Bonchev–Trinajstić information content (AvgIpc) is 3.34. The largest absolute Gasteiger partial charge is 0.437 e. The van der Waals surface area contributed by atoms with Crippen LogP contribution < -0.4 is 20.3 Å². The second-order valence-electron chi connectivity index (χ2n) is 8.36. The summed E-state index contributed by atoms with van der Waals surface area (Å²) >= 11 is 0. The van der Waals surface area contributed by atoms with Crippen molar-refractivity contribution in [2.45, 2.75) is 0 Å². The van der Waals surface area contributed by atoms with Gasteiger partial charge in [0, 0.05) is 55.5 Å². The highest BCUT2D eigenvalue weighted by Gasteiger charge is 2.15. The van der Waals surface area contributed by atoms with Crippen molar-refractivity contribution in [1.82, 2.24) is 19.5 Å². The zero-order chi connectivity index (χ0) is 24.2. The number of hydrogen-bond donors (Lipinski definition) is 2. The molecule has 1 aliphatic heterocycles. The van der Waals surface area contributed by atoms with Crippen LogP contribution in [0.1, 0.15) is 0 Å². The minimum atomic E-state index is -0.289. The molecule has 0 radical (unpaired) electrons. The Morgan fingerprint density at radius 2 is 1.83 bits per heavy atom. The fraction of sp³-hybridized carbons (Fsp3) is 0.192. The molecule has 0 bridgehead atoms. The van der Waals surface area contributed by atoms with Crippen LogP contribution in [0.4, 0.5) is 23.0 Å². The van der Waals surface area contributed by atoms with Gasteiger partial charge < -0.3 is 25.2 Å². The van der Waals surface area contributed by atoms with Crippen LogP contribution in [0.5, 0.6) is 11.6 Å². The Labute approximate surface area is 203 Å². The quantitative estimate of drug-likeness (QED) is 0.393. The van der Waals surface area contributed by atoms with Gasteiger partial charge in [-0.05, 0) is 61.7 Å². The molecule has 0 spiro atoms. The molecular weight excluding hydrogens is 442 g/mol. The number of aromatic nitrogens is 3. The zero-order valence-electron chi connectivity index (χ0n) is 19.5. The summed E-state index contributed by atoms with van der Waals surface area (Å²) in [5, 5.41) is 10.6. The number of benzene rings is 2. The Hall–Kier alpha value is -4.37. The number of piperazine rings is 1. The standard InChI is InChI=1S/C26H27N7O2/c1-3-24(34)27-20-6-4-7-22(18-20)35-25-23-8-5-13-33(23)30-26(29-25)28-19-9-11-21(12-10-19)32-16-14-31(2)15-17-32/h3-13,18H,1,14-17H2,2H3,(H,27,34)(H,28,30). The number of anilines is 4. The molecule has 5 rings (SSSR count). The average molecular weight is 470 g/mol. The first kappa shape index (κ1) is 22.4. The normalized spacial score (nSPS) is 14.0. The molecule has 35 heavy (non-hydrogen) atoms. The Balaban J connectivity index is 1.35. The predicted molar refractivity (Wildman–Crippen MR) is 138 cm³/mol. The molecule has 0 unspecified atom stereocenters. The van der Waals surface area contributed by atoms with Crippen molar-refractivity contribution in [1.29, 1.82) is 0 Å². The highest BCUT2D eigenvalue weighted by atomic mass is 16.5. The zero-order valence-corrected chi connectivity index (χ0v) is 19.5. The number of carbonyl (C=O) groups is 1. The van der Waals surface area contributed by atoms with Gasteiger partial charge in [0.05, 0.1) is 0 Å². The number of nitrogens with one attached hydrogen (secondary N) is 2. The summed E-state index contributed by atoms with van der Waals surface area (Å²) in [6.45, 7) is 7.66. The maximum Gasteiger partial charge on any atom is 0.248 e. The van der Waals surface area contributed by atoms with E-state index in [2.05, 4.69) is 56.3 Å². The summed E-state index contributed by atoms with van der Waals surface area (Å²) in [4.78, 5) is 21.0. The Morgan fingerprint density at radius 3 is 2.60 bits per heavy atom. The minimum absolute atomic E-state index is 0.289. The van der Waals surface area contributed by atoms with Crippen molar-refractivity contribution >= 4 is 34.4 Å². The third-order valence-electron chi connectivity index (χ3n) is 5.85. The van der Waals surface area contributed by atoms with E-state index in [4.69, 9.17) is 4.74 Å². The molecule has 178 valence electrons. The summed E-state index contributed by atoms with van der Waals surface area (Å²) in [7, 11) is 2.15. The molecule has 9 nitrogen and oxygen atoms in total. The molecule has 0 aliphatic carbocycles. The van der Waals surface area contributed by atoms with E-state index < -0.39 is 0 Å². The Bertz CT molecular complexity index is 1340. The van der Waals surface area contributed by atoms with E-state index in [1.807, 2.05) is 30.5 Å². The molecule has 1 saturated heterocycles. The van der Waals surface area contributed by atoms with Crippen LogP contribution in [-0.4, -0.2) is 58.6 Å². The van der Waals surface area contributed by atoms with Crippen molar-refractivity contribution in [3.05, 3.63) is 79.5 Å². The number of ether oxygens (including phenoxy) is 1. The summed E-state index contributed by atoms with van der Waals surface area (Å²) in [6, 6.07) is 19.2. The topological polar surface area (TPSA) is 87.0 Å². The second-order valence-corrected chi connectivity index (χ2v) is 8.36. The first-order valence-corrected chi connectivity index (χ1v) is 11.4. The number of fused-ring (bicyclic) bond motifs is 1. The van der Waals surface area contributed by atoms with E-state index in [1.54, 1.807) is 28.8 Å². The van der Waals surface area contributed by atoms with Gasteiger partial charge >= 0.3 is 0 Å². The van der Waals surface area contributed by atoms with Gasteiger partial charge in [0.1, 0.15) is 11.3 Å². The van der Waals surface area contributed by atoms with Gasteiger partial charge in [0.15, 0.2) is 0 Å². The maximum absolute atomic E-state index is 11.6. The van der Waals surface area contributed by atoms with Crippen LogP contribution in [0.2, 0.25) is 0 Å². The molecular formula is C26H27N7O2. The lowest BCUT2D eigenvalue weighted by Gasteiger charge is -2.34. The molecule has 2 aromatic heterocycles. The number of amides is 1. The van der Waals surface area contributed by atoms with Crippen LogP contribution >= 0.6 is 0 Å². The molecule has 4 aromatic rings. The summed E-state index contributed by atoms with van der Waals surface area (Å²) in [6.07, 6.45) is 3.06. The molecule has 1 aliphatic rings. The van der Waals surface area contributed by atoms with E-state index in [0.29, 0.717) is 23.3 Å². The second kappa shape index (κ2) is 9.86. The lowest BCUT2D eigenvalue weighted by Crippen LogP contribution is -2.44. The van der Waals surface area contributed by atoms with Gasteiger partial charge in [-0.15, -0.1) is 5.10 Å². The number of nitrogens with zero attached hydrogens (tertiary/aromatic N) is 5. The van der Waals surface area contributed by atoms with E-state index in [-0.39, 0.29) is 5.91 Å². The highest BCUT2D eigenvalue weighted by Crippen LogP contribution is 2.28. The van der Waals surface area contributed by atoms with Gasteiger partial charge in [-0.1, -0.05) is 12.6 Å². The van der Waals surface area contributed by atoms with Gasteiger partial charge in [0.2, 0.25) is 17.7 Å². The fourth-order valence-corrected chi connectivity index (χ4v) is 3.93. The molecule has 2 N–H and O–H groups in total. The van der Waals surface area contributed by atoms with Crippen molar-refractivity contribution < 1.29 is 9.53 Å². The number of rotatable bonds is 7. The lowest BCUT2D eigenvalue weighted by atomic mass is 10.2. The van der Waals surface area contributed by atoms with Gasteiger partial charge in [-0.3, -0.25) is 4.79 Å². The summed E-state index contributed by atoms with van der Waals surface area (Å²) in [5.74, 6) is 1.06. The minimum Gasteiger partial charge on any atom is -0.437 e. The van der Waals surface area contributed by atoms with E-state index >= 15 is 0 Å². The molecule has 1 amide bonds. The van der Waals surface area contributed by atoms with Crippen molar-refractivity contribution in [2.75, 3.05) is 48.8 Å². The van der Waals surface area contributed by atoms with E-state index in [1.165, 1.54) is 11.8 Å². The van der Waals surface area contributed by atoms with Crippen molar-refractivity contribution in [3.8, 4) is 11.6 Å². The third kappa shape index (κ3) is 5.25. The summed E-state index contributed by atoms with van der Waals surface area (Å²) < 4.78 is 7.81. The Morgan fingerprint density at radius 1 is 1.03 bits per heavy atom. The van der Waals surface area contributed by atoms with Crippen molar-refractivity contribution in [3.63, 3.8) is 0 Å². The lowest BCUT2D eigenvalue weighted by molar-refractivity contribution is -0.111. The van der Waals surface area contributed by atoms with Crippen molar-refractivity contribution in [2.24, 2.45) is 0 Å². The highest BCUT2D eigenvalue weighted by molar-refractivity contribution is 5.98. The number of carbonyl (C=O) groups excluding carboxylic acids is 1. The molecule has 0 saturated carbocycles. The molecule has 9 heteroatoms. The smallest absolute Gasteiger partial charge is 0.248 e. The monoisotopic (exact) mass is 469 g/mol. The fourth-order valence-electron chi connectivity index (χ4n) is 3.93. The number of likely N-dealkylation sites (N-methyl/N-ethyl adjacent to an activating group) is 1. The number of hydrogen-bond acceptors (Lipinski definition) is 7. The first-order valence-electron chi connectivity index (χ1n) is 11.4. The molecule has 1 fully saturated rings. The first-order chi connectivity index (χ1) is 17.1. The van der Waals surface area contributed by atoms with E-state index in [0.717, 1.165) is 37.4 Å². The SMILES string of the molecule is C=CC(=O)Nc1cccc(Oc2nc(Nc3ccc(N4CCN(C)CC4)cc3)nn3cccc23)c1. The van der Waals surface area contributed by atoms with Crippen LogP contribution in [0.3, 0.4) is 0 Å². The third-order valence-corrected chi connectivity index (χ3v) is 5.85. The van der Waals surface area contributed by atoms with E-state index in [9.17, 15) is 4.79 Å². The van der Waals surface area contributed by atoms with Crippen LogP contribution in [0.25, 0.3) is 5.52 Å².